The number of carbonyl (C=O) groups is 1. The van der Waals surface area contributed by atoms with E-state index in [1.807, 2.05) is 31.2 Å². The first-order valence-electron chi connectivity index (χ1n) is 5.52. The average molecular weight is 253 g/mol. The highest BCUT2D eigenvalue weighted by Gasteiger charge is 2.14. The van der Waals surface area contributed by atoms with Crippen molar-refractivity contribution in [3.8, 4) is 0 Å². The van der Waals surface area contributed by atoms with E-state index in [1.54, 1.807) is 0 Å². The number of rotatable bonds is 5. The molecule has 1 aromatic rings. The fourth-order valence-electron chi connectivity index (χ4n) is 1.76. The Bertz CT molecular complexity index is 395. The lowest BCUT2D eigenvalue weighted by molar-refractivity contribution is -0.140. The molecule has 3 heteroatoms. The number of hydrogen-bond donors (Lipinski definition) is 0. The van der Waals surface area contributed by atoms with E-state index >= 15 is 0 Å². The van der Waals surface area contributed by atoms with Crippen LogP contribution >= 0.6 is 11.6 Å². The molecule has 0 saturated heterocycles. The molecular formula is C14H17ClO2. The molecule has 1 unspecified atom stereocenters. The molecule has 0 radical (unpaired) electrons. The van der Waals surface area contributed by atoms with Crippen molar-refractivity contribution in [3.63, 3.8) is 0 Å². The van der Waals surface area contributed by atoms with E-state index in [4.69, 9.17) is 11.6 Å². The van der Waals surface area contributed by atoms with E-state index in [9.17, 15) is 4.79 Å². The van der Waals surface area contributed by atoms with Crippen molar-refractivity contribution in [3.05, 3.63) is 47.0 Å². The Balaban J connectivity index is 2.75. The monoisotopic (exact) mass is 252 g/mol. The topological polar surface area (TPSA) is 26.3 Å². The van der Waals surface area contributed by atoms with Crippen LogP contribution in [0.25, 0.3) is 0 Å². The molecule has 0 bridgehead atoms. The fourth-order valence-corrected chi connectivity index (χ4v) is 1.88. The lowest BCUT2D eigenvalue weighted by Gasteiger charge is -2.17. The highest BCUT2D eigenvalue weighted by atomic mass is 35.5. The van der Waals surface area contributed by atoms with Crippen LogP contribution in [0.2, 0.25) is 5.02 Å². The van der Waals surface area contributed by atoms with Gasteiger partial charge in [0.1, 0.15) is 0 Å². The van der Waals surface area contributed by atoms with Crippen molar-refractivity contribution in [2.24, 2.45) is 0 Å². The van der Waals surface area contributed by atoms with E-state index in [0.717, 1.165) is 11.1 Å². The van der Waals surface area contributed by atoms with Crippen LogP contribution in [0.3, 0.4) is 0 Å². The predicted octanol–water partition coefficient (Wildman–Crippen LogP) is 3.95. The van der Waals surface area contributed by atoms with Gasteiger partial charge in [0.25, 0.3) is 0 Å². The summed E-state index contributed by atoms with van der Waals surface area (Å²) in [7, 11) is 1.40. The SMILES string of the molecule is C=C(C)C(CCC(=O)OC)c1ccc(Cl)cc1. The third-order valence-corrected chi connectivity index (χ3v) is 2.98. The maximum atomic E-state index is 11.2. The molecule has 0 aromatic heterocycles. The molecule has 0 aliphatic heterocycles. The summed E-state index contributed by atoms with van der Waals surface area (Å²) in [4.78, 5) is 11.2. The first-order chi connectivity index (χ1) is 8.04. The highest BCUT2D eigenvalue weighted by Crippen LogP contribution is 2.28. The first-order valence-corrected chi connectivity index (χ1v) is 5.90. The van der Waals surface area contributed by atoms with Gasteiger partial charge >= 0.3 is 5.97 Å². The Morgan fingerprint density at radius 2 is 2.00 bits per heavy atom. The Hall–Kier alpha value is -1.28. The number of halogens is 1. The maximum absolute atomic E-state index is 11.2. The Labute approximate surface area is 107 Å². The van der Waals surface area contributed by atoms with Crippen LogP contribution in [0.5, 0.6) is 0 Å². The summed E-state index contributed by atoms with van der Waals surface area (Å²) in [5, 5.41) is 0.710. The number of benzene rings is 1. The molecule has 0 N–H and O–H groups in total. The maximum Gasteiger partial charge on any atom is 0.305 e. The zero-order chi connectivity index (χ0) is 12.8. The van der Waals surface area contributed by atoms with Gasteiger partial charge in [0.15, 0.2) is 0 Å². The molecule has 0 spiro atoms. The number of allylic oxidation sites excluding steroid dienone is 1. The van der Waals surface area contributed by atoms with Crippen molar-refractivity contribution in [2.45, 2.75) is 25.7 Å². The number of carbonyl (C=O) groups excluding carboxylic acids is 1. The van der Waals surface area contributed by atoms with Gasteiger partial charge in [0.05, 0.1) is 7.11 Å². The van der Waals surface area contributed by atoms with Crippen LogP contribution in [0.15, 0.2) is 36.4 Å². The Morgan fingerprint density at radius 1 is 1.41 bits per heavy atom. The van der Waals surface area contributed by atoms with Crippen molar-refractivity contribution in [1.82, 2.24) is 0 Å². The molecule has 0 saturated carbocycles. The second kappa shape index (κ2) is 6.45. The molecule has 0 aliphatic carbocycles. The zero-order valence-corrected chi connectivity index (χ0v) is 11.0. The summed E-state index contributed by atoms with van der Waals surface area (Å²) in [5.74, 6) is -0.0171. The molecule has 1 atom stereocenters. The summed E-state index contributed by atoms with van der Waals surface area (Å²) in [6.45, 7) is 5.94. The largest absolute Gasteiger partial charge is 0.469 e. The summed E-state index contributed by atoms with van der Waals surface area (Å²) >= 11 is 5.85. The molecule has 0 amide bonds. The molecule has 1 aromatic carbocycles. The van der Waals surface area contributed by atoms with E-state index in [0.29, 0.717) is 17.9 Å². The van der Waals surface area contributed by atoms with Gasteiger partial charge in [0, 0.05) is 17.4 Å². The highest BCUT2D eigenvalue weighted by molar-refractivity contribution is 6.30. The van der Waals surface area contributed by atoms with Gasteiger partial charge in [0.2, 0.25) is 0 Å². The average Bonchev–Trinajstić information content (AvgIpc) is 2.31. The van der Waals surface area contributed by atoms with Crippen LogP contribution in [-0.4, -0.2) is 13.1 Å². The van der Waals surface area contributed by atoms with Crippen LogP contribution in [0, 0.1) is 0 Å². The fraction of sp³-hybridized carbons (Fsp3) is 0.357. The quantitative estimate of drug-likeness (QED) is 0.586. The van der Waals surface area contributed by atoms with Crippen LogP contribution in [0.1, 0.15) is 31.2 Å². The number of methoxy groups -OCH3 is 1. The lowest BCUT2D eigenvalue weighted by atomic mass is 9.89. The molecule has 1 rings (SSSR count). The smallest absolute Gasteiger partial charge is 0.305 e. The van der Waals surface area contributed by atoms with E-state index < -0.39 is 0 Å². The van der Waals surface area contributed by atoms with Gasteiger partial charge in [-0.05, 0) is 31.0 Å². The molecule has 92 valence electrons. The Kier molecular flexibility index (Phi) is 5.23. The minimum atomic E-state index is -0.190. The first kappa shape index (κ1) is 13.8. The second-order valence-corrected chi connectivity index (χ2v) is 4.50. The van der Waals surface area contributed by atoms with Crippen molar-refractivity contribution >= 4 is 17.6 Å². The van der Waals surface area contributed by atoms with Crippen LogP contribution in [0.4, 0.5) is 0 Å². The zero-order valence-electron chi connectivity index (χ0n) is 10.2. The third-order valence-electron chi connectivity index (χ3n) is 2.73. The molecule has 0 heterocycles. The Morgan fingerprint density at radius 3 is 2.47 bits per heavy atom. The van der Waals surface area contributed by atoms with Gasteiger partial charge in [-0.15, -0.1) is 0 Å². The minimum absolute atomic E-state index is 0.173. The van der Waals surface area contributed by atoms with Gasteiger partial charge < -0.3 is 4.74 Å². The predicted molar refractivity (Wildman–Crippen MR) is 70.3 cm³/mol. The van der Waals surface area contributed by atoms with Gasteiger partial charge in [-0.1, -0.05) is 35.9 Å². The molecule has 0 aliphatic rings. The van der Waals surface area contributed by atoms with Crippen molar-refractivity contribution in [1.29, 1.82) is 0 Å². The summed E-state index contributed by atoms with van der Waals surface area (Å²) in [6.07, 6.45) is 1.11. The molecule has 2 nitrogen and oxygen atoms in total. The molecular weight excluding hydrogens is 236 g/mol. The van der Waals surface area contributed by atoms with Gasteiger partial charge in [-0.25, -0.2) is 0 Å². The van der Waals surface area contributed by atoms with Crippen LogP contribution < -0.4 is 0 Å². The standard InChI is InChI=1S/C14H17ClO2/c1-10(2)13(8-9-14(16)17-3)11-4-6-12(15)7-5-11/h4-7,13H,1,8-9H2,2-3H3. The summed E-state index contributed by atoms with van der Waals surface area (Å²) < 4.78 is 4.65. The second-order valence-electron chi connectivity index (χ2n) is 4.07. The van der Waals surface area contributed by atoms with E-state index in [1.165, 1.54) is 7.11 Å². The normalized spacial score (nSPS) is 11.9. The number of hydrogen-bond acceptors (Lipinski definition) is 2. The number of ether oxygens (including phenoxy) is 1. The van der Waals surface area contributed by atoms with E-state index in [2.05, 4.69) is 11.3 Å². The summed E-state index contributed by atoms with van der Waals surface area (Å²) in [5.41, 5.74) is 2.17. The lowest BCUT2D eigenvalue weighted by Crippen LogP contribution is -2.06. The van der Waals surface area contributed by atoms with Gasteiger partial charge in [-0.2, -0.15) is 0 Å². The minimum Gasteiger partial charge on any atom is -0.469 e. The van der Waals surface area contributed by atoms with Crippen molar-refractivity contribution in [2.75, 3.05) is 7.11 Å². The van der Waals surface area contributed by atoms with Gasteiger partial charge in [-0.3, -0.25) is 4.79 Å². The summed E-state index contributed by atoms with van der Waals surface area (Å²) in [6, 6.07) is 7.65. The third kappa shape index (κ3) is 4.23. The van der Waals surface area contributed by atoms with E-state index in [-0.39, 0.29) is 11.9 Å². The molecule has 0 fully saturated rings. The number of esters is 1. The van der Waals surface area contributed by atoms with Crippen molar-refractivity contribution < 1.29 is 9.53 Å². The molecule has 17 heavy (non-hydrogen) atoms. The van der Waals surface area contributed by atoms with Crippen LogP contribution in [-0.2, 0) is 9.53 Å².